The van der Waals surface area contributed by atoms with Crippen molar-refractivity contribution < 1.29 is 13.2 Å². The van der Waals surface area contributed by atoms with E-state index < -0.39 is 14.6 Å². The van der Waals surface area contributed by atoms with Crippen LogP contribution in [0.5, 0.6) is 0 Å². The smallest absolute Gasteiger partial charge is 0.242 e. The Kier molecular flexibility index (Phi) is 6.75. The van der Waals surface area contributed by atoms with Gasteiger partial charge in [-0.15, -0.1) is 12.4 Å². The van der Waals surface area contributed by atoms with Gasteiger partial charge in [0.15, 0.2) is 14.6 Å². The van der Waals surface area contributed by atoms with Gasteiger partial charge in [0.2, 0.25) is 5.91 Å². The molecule has 0 aromatic heterocycles. The van der Waals surface area contributed by atoms with Gasteiger partial charge in [-0.2, -0.15) is 0 Å². The van der Waals surface area contributed by atoms with Gasteiger partial charge in [-0.1, -0.05) is 25.0 Å². The van der Waals surface area contributed by atoms with Crippen molar-refractivity contribution >= 4 is 28.2 Å². The third-order valence-electron chi connectivity index (χ3n) is 5.65. The number of rotatable bonds is 4. The van der Waals surface area contributed by atoms with Crippen LogP contribution in [-0.4, -0.2) is 38.2 Å². The van der Waals surface area contributed by atoms with E-state index in [-0.39, 0.29) is 24.4 Å². The van der Waals surface area contributed by atoms with Gasteiger partial charge in [-0.3, -0.25) is 4.79 Å². The second kappa shape index (κ2) is 8.28. The molecule has 0 bridgehead atoms. The zero-order valence-corrected chi connectivity index (χ0v) is 17.1. The van der Waals surface area contributed by atoms with E-state index in [4.69, 9.17) is 0 Å². The molecule has 0 atom stereocenters. The Labute approximate surface area is 162 Å². The number of carbonyl (C=O) groups excluding carboxylic acids is 1. The standard InChI is InChI=1S/C19H28N2O3S.ClH/c1-14-5-6-15(2)17(13-14)25(23,24)19(9-3-4-10-19)18(22)21-16-7-11-20-12-8-16;/h5-6,13,16,20H,3-4,7-12H2,1-2H3,(H,21,22);1H. The van der Waals surface area contributed by atoms with Gasteiger partial charge in [0, 0.05) is 6.04 Å². The number of carbonyl (C=O) groups is 1. The van der Waals surface area contributed by atoms with E-state index in [9.17, 15) is 13.2 Å². The summed E-state index contributed by atoms with van der Waals surface area (Å²) < 4.78 is 25.8. The van der Waals surface area contributed by atoms with E-state index in [2.05, 4.69) is 10.6 Å². The molecule has 26 heavy (non-hydrogen) atoms. The van der Waals surface area contributed by atoms with Crippen LogP contribution in [0.4, 0.5) is 0 Å². The molecule has 1 aromatic carbocycles. The molecule has 5 nitrogen and oxygen atoms in total. The Hall–Kier alpha value is -1.11. The highest BCUT2D eigenvalue weighted by Gasteiger charge is 2.53. The molecule has 1 amide bonds. The molecule has 3 rings (SSSR count). The molecule has 146 valence electrons. The molecule has 2 aliphatic rings. The maximum absolute atomic E-state index is 13.5. The van der Waals surface area contributed by atoms with Crippen molar-refractivity contribution in [3.63, 3.8) is 0 Å². The molecule has 1 saturated carbocycles. The lowest BCUT2D eigenvalue weighted by Crippen LogP contribution is -2.54. The third-order valence-corrected chi connectivity index (χ3v) is 8.29. The normalized spacial score (nSPS) is 20.4. The van der Waals surface area contributed by atoms with Crippen molar-refractivity contribution in [2.24, 2.45) is 0 Å². The molecule has 1 aromatic rings. The molecule has 2 N–H and O–H groups in total. The molecule has 0 spiro atoms. The number of hydrogen-bond donors (Lipinski definition) is 2. The van der Waals surface area contributed by atoms with Crippen molar-refractivity contribution in [2.75, 3.05) is 13.1 Å². The molecule has 1 aliphatic carbocycles. The molecule has 1 saturated heterocycles. The number of hydrogen-bond acceptors (Lipinski definition) is 4. The minimum absolute atomic E-state index is 0. The summed E-state index contributed by atoms with van der Waals surface area (Å²) in [6.45, 7) is 5.41. The summed E-state index contributed by atoms with van der Waals surface area (Å²) in [7, 11) is -3.73. The maximum atomic E-state index is 13.5. The van der Waals surface area contributed by atoms with Gasteiger partial charge in [-0.05, 0) is 69.8 Å². The van der Waals surface area contributed by atoms with E-state index in [0.717, 1.165) is 44.3 Å². The fourth-order valence-electron chi connectivity index (χ4n) is 4.05. The predicted molar refractivity (Wildman–Crippen MR) is 106 cm³/mol. The summed E-state index contributed by atoms with van der Waals surface area (Å²) in [5.41, 5.74) is 1.61. The topological polar surface area (TPSA) is 75.3 Å². The van der Waals surface area contributed by atoms with Crippen LogP contribution >= 0.6 is 12.4 Å². The average Bonchev–Trinajstić information content (AvgIpc) is 3.09. The van der Waals surface area contributed by atoms with Crippen LogP contribution < -0.4 is 10.6 Å². The van der Waals surface area contributed by atoms with Gasteiger partial charge in [0.25, 0.3) is 0 Å². The highest BCUT2D eigenvalue weighted by Crippen LogP contribution is 2.42. The number of aryl methyl sites for hydroxylation is 2. The minimum atomic E-state index is -3.73. The van der Waals surface area contributed by atoms with Crippen molar-refractivity contribution in [1.29, 1.82) is 0 Å². The first kappa shape index (κ1) is 21.2. The van der Waals surface area contributed by atoms with Crippen LogP contribution in [0.25, 0.3) is 0 Å². The van der Waals surface area contributed by atoms with Gasteiger partial charge < -0.3 is 10.6 Å². The summed E-state index contributed by atoms with van der Waals surface area (Å²) in [5.74, 6) is -0.294. The van der Waals surface area contributed by atoms with Gasteiger partial charge >= 0.3 is 0 Å². The number of amides is 1. The first-order chi connectivity index (χ1) is 11.9. The van der Waals surface area contributed by atoms with Crippen LogP contribution in [0, 0.1) is 13.8 Å². The molecule has 1 aliphatic heterocycles. The van der Waals surface area contributed by atoms with E-state index in [1.54, 1.807) is 13.0 Å². The molecule has 1 heterocycles. The van der Waals surface area contributed by atoms with Crippen LogP contribution in [-0.2, 0) is 14.6 Å². The number of nitrogens with one attached hydrogen (secondary N) is 2. The highest BCUT2D eigenvalue weighted by molar-refractivity contribution is 7.93. The van der Waals surface area contributed by atoms with Crippen molar-refractivity contribution in [1.82, 2.24) is 10.6 Å². The van der Waals surface area contributed by atoms with E-state index >= 15 is 0 Å². The lowest BCUT2D eigenvalue weighted by molar-refractivity contribution is -0.124. The second-order valence-electron chi connectivity index (χ2n) is 7.47. The summed E-state index contributed by atoms with van der Waals surface area (Å²) in [6.07, 6.45) is 4.10. The number of sulfone groups is 1. The first-order valence-electron chi connectivity index (χ1n) is 9.20. The maximum Gasteiger partial charge on any atom is 0.242 e. The Morgan fingerprint density at radius 3 is 2.38 bits per heavy atom. The molecule has 7 heteroatoms. The van der Waals surface area contributed by atoms with Crippen LogP contribution in [0.2, 0.25) is 0 Å². The van der Waals surface area contributed by atoms with Crippen LogP contribution in [0.3, 0.4) is 0 Å². The van der Waals surface area contributed by atoms with Crippen molar-refractivity contribution in [2.45, 2.75) is 68.1 Å². The van der Waals surface area contributed by atoms with Gasteiger partial charge in [-0.25, -0.2) is 8.42 Å². The predicted octanol–water partition coefficient (Wildman–Crippen LogP) is 2.68. The monoisotopic (exact) mass is 400 g/mol. The lowest BCUT2D eigenvalue weighted by Gasteiger charge is -2.32. The third kappa shape index (κ3) is 3.78. The van der Waals surface area contributed by atoms with Crippen molar-refractivity contribution in [3.8, 4) is 0 Å². The molecule has 0 radical (unpaired) electrons. The van der Waals surface area contributed by atoms with Crippen LogP contribution in [0.15, 0.2) is 23.1 Å². The fourth-order valence-corrected chi connectivity index (χ4v) is 6.44. The van der Waals surface area contributed by atoms with E-state index in [0.29, 0.717) is 23.3 Å². The highest BCUT2D eigenvalue weighted by atomic mass is 35.5. The van der Waals surface area contributed by atoms with Crippen LogP contribution in [0.1, 0.15) is 49.7 Å². The summed E-state index contributed by atoms with van der Waals surface area (Å²) in [5, 5.41) is 6.32. The number of benzene rings is 1. The minimum Gasteiger partial charge on any atom is -0.352 e. The molecule has 0 unspecified atom stereocenters. The summed E-state index contributed by atoms with van der Waals surface area (Å²) >= 11 is 0. The molecular formula is C19H29ClN2O3S. The van der Waals surface area contributed by atoms with E-state index in [1.807, 2.05) is 19.1 Å². The zero-order chi connectivity index (χ0) is 18.1. The first-order valence-corrected chi connectivity index (χ1v) is 10.7. The largest absolute Gasteiger partial charge is 0.352 e. The quantitative estimate of drug-likeness (QED) is 0.814. The summed E-state index contributed by atoms with van der Waals surface area (Å²) in [6, 6.07) is 5.52. The SMILES string of the molecule is Cc1ccc(C)c(S(=O)(=O)C2(C(=O)NC3CCNCC3)CCCC2)c1.Cl. The zero-order valence-electron chi connectivity index (χ0n) is 15.5. The average molecular weight is 401 g/mol. The van der Waals surface area contributed by atoms with Gasteiger partial charge in [0.1, 0.15) is 0 Å². The summed E-state index contributed by atoms with van der Waals surface area (Å²) in [4.78, 5) is 13.5. The number of piperidine rings is 1. The van der Waals surface area contributed by atoms with Crippen molar-refractivity contribution in [3.05, 3.63) is 29.3 Å². The fraction of sp³-hybridized carbons (Fsp3) is 0.632. The van der Waals surface area contributed by atoms with E-state index in [1.165, 1.54) is 0 Å². The Morgan fingerprint density at radius 1 is 1.15 bits per heavy atom. The molecule has 2 fully saturated rings. The van der Waals surface area contributed by atoms with Gasteiger partial charge in [0.05, 0.1) is 4.90 Å². The Morgan fingerprint density at radius 2 is 1.77 bits per heavy atom. The molecular weight excluding hydrogens is 372 g/mol. The Balaban J connectivity index is 0.00000243. The number of halogens is 1. The second-order valence-corrected chi connectivity index (χ2v) is 9.70. The Bertz CT molecular complexity index is 752. The lowest BCUT2D eigenvalue weighted by atomic mass is 10.0.